The molecule has 0 amide bonds. The van der Waals surface area contributed by atoms with Crippen LogP contribution in [0.4, 0.5) is 5.69 Å². The lowest BCUT2D eigenvalue weighted by Gasteiger charge is -2.26. The molecule has 0 saturated carbocycles. The van der Waals surface area contributed by atoms with Gasteiger partial charge in [-0.25, -0.2) is 5.48 Å². The summed E-state index contributed by atoms with van der Waals surface area (Å²) in [5.41, 5.74) is 7.06. The lowest BCUT2D eigenvalue weighted by atomic mass is 9.78. The van der Waals surface area contributed by atoms with Crippen LogP contribution in [0.3, 0.4) is 0 Å². The fourth-order valence-electron chi connectivity index (χ4n) is 3.65. The Bertz CT molecular complexity index is 1200. The van der Waals surface area contributed by atoms with E-state index < -0.39 is 0 Å². The molecule has 5 heteroatoms. The maximum Gasteiger partial charge on any atom is 0.162 e. The van der Waals surface area contributed by atoms with E-state index in [-0.39, 0.29) is 16.9 Å². The van der Waals surface area contributed by atoms with Gasteiger partial charge in [-0.05, 0) is 59.7 Å². The number of aromatic hydroxyl groups is 2. The molecule has 0 radical (unpaired) electrons. The Labute approximate surface area is 199 Å². The molecule has 5 rings (SSSR count). The summed E-state index contributed by atoms with van der Waals surface area (Å²) >= 11 is 0. The minimum Gasteiger partial charge on any atom is -0.508 e. The molecule has 0 saturated heterocycles. The van der Waals surface area contributed by atoms with Gasteiger partial charge in [-0.2, -0.15) is 0 Å². The van der Waals surface area contributed by atoms with Crippen molar-refractivity contribution in [3.63, 3.8) is 0 Å². The fourth-order valence-corrected chi connectivity index (χ4v) is 3.65. The first kappa shape index (κ1) is 22.8. The van der Waals surface area contributed by atoms with Crippen LogP contribution in [0.2, 0.25) is 0 Å². The third kappa shape index (κ3) is 5.51. The topological polar surface area (TPSA) is 73.8 Å². The standard InChI is InChI=1S/C15H16O2.C14H12N2O/c1-15(2,11-3-7-13(16)8-4-11)12-5-9-14(17)10-6-12;1-2-7-12(8-3-1)15-14-10-11-6-4-5-9-13(11)17-16-14/h3-10,16-17H,1-2H3;1-10,15-16H. The molecule has 0 aromatic heterocycles. The van der Waals surface area contributed by atoms with Crippen LogP contribution >= 0.6 is 0 Å². The molecule has 0 unspecified atom stereocenters. The van der Waals surface area contributed by atoms with Gasteiger partial charge in [0.05, 0.1) is 0 Å². The van der Waals surface area contributed by atoms with E-state index in [1.165, 1.54) is 0 Å². The van der Waals surface area contributed by atoms with E-state index in [0.717, 1.165) is 33.9 Å². The molecule has 1 heterocycles. The van der Waals surface area contributed by atoms with Gasteiger partial charge in [0.2, 0.25) is 0 Å². The molecule has 1 aliphatic heterocycles. The zero-order valence-electron chi connectivity index (χ0n) is 19.2. The van der Waals surface area contributed by atoms with Crippen LogP contribution in [0.5, 0.6) is 17.2 Å². The van der Waals surface area contributed by atoms with E-state index in [0.29, 0.717) is 0 Å². The number of para-hydroxylation sites is 2. The molecule has 0 atom stereocenters. The van der Waals surface area contributed by atoms with Gasteiger partial charge in [0.1, 0.15) is 17.3 Å². The smallest absolute Gasteiger partial charge is 0.162 e. The maximum absolute atomic E-state index is 9.30. The molecule has 34 heavy (non-hydrogen) atoms. The Morgan fingerprint density at radius 2 is 1.21 bits per heavy atom. The highest BCUT2D eigenvalue weighted by atomic mass is 16.6. The number of anilines is 1. The zero-order valence-corrected chi connectivity index (χ0v) is 19.2. The van der Waals surface area contributed by atoms with Crippen molar-refractivity contribution in [2.24, 2.45) is 0 Å². The molecule has 4 N–H and O–H groups in total. The third-order valence-electron chi connectivity index (χ3n) is 5.72. The van der Waals surface area contributed by atoms with Crippen LogP contribution in [0.1, 0.15) is 30.5 Å². The Morgan fingerprint density at radius 1 is 0.676 bits per heavy atom. The van der Waals surface area contributed by atoms with Crippen LogP contribution in [0.25, 0.3) is 6.08 Å². The van der Waals surface area contributed by atoms with Crippen LogP contribution in [-0.2, 0) is 5.41 Å². The summed E-state index contributed by atoms with van der Waals surface area (Å²) in [6.45, 7) is 4.23. The molecule has 172 valence electrons. The first-order valence-electron chi connectivity index (χ1n) is 11.1. The van der Waals surface area contributed by atoms with E-state index in [9.17, 15) is 10.2 Å². The number of nitrogens with one attached hydrogen (secondary N) is 2. The summed E-state index contributed by atoms with van der Waals surface area (Å²) in [4.78, 5) is 5.43. The third-order valence-corrected chi connectivity index (χ3v) is 5.72. The highest BCUT2D eigenvalue weighted by Gasteiger charge is 2.22. The van der Waals surface area contributed by atoms with Crippen molar-refractivity contribution in [1.29, 1.82) is 0 Å². The summed E-state index contributed by atoms with van der Waals surface area (Å²) in [7, 11) is 0. The van der Waals surface area contributed by atoms with Gasteiger partial charge in [0.15, 0.2) is 5.75 Å². The van der Waals surface area contributed by atoms with E-state index in [1.807, 2.05) is 84.9 Å². The van der Waals surface area contributed by atoms with Gasteiger partial charge in [-0.3, -0.25) is 0 Å². The molecular weight excluding hydrogens is 424 g/mol. The Hall–Kier alpha value is -4.38. The molecule has 4 aromatic rings. The minimum absolute atomic E-state index is 0.151. The predicted octanol–water partition coefficient (Wildman–Crippen LogP) is 6.42. The van der Waals surface area contributed by atoms with Crippen molar-refractivity contribution in [1.82, 2.24) is 5.48 Å². The van der Waals surface area contributed by atoms with Crippen molar-refractivity contribution in [2.75, 3.05) is 5.32 Å². The van der Waals surface area contributed by atoms with Crippen LogP contribution in [-0.4, -0.2) is 10.2 Å². The number of hydrogen-bond acceptors (Lipinski definition) is 5. The monoisotopic (exact) mass is 452 g/mol. The lowest BCUT2D eigenvalue weighted by Crippen LogP contribution is -2.26. The first-order chi connectivity index (χ1) is 16.4. The maximum atomic E-state index is 9.30. The minimum atomic E-state index is -0.151. The lowest BCUT2D eigenvalue weighted by molar-refractivity contribution is 0.227. The molecular formula is C29H28N2O3. The molecule has 4 aromatic carbocycles. The number of benzene rings is 4. The molecule has 0 aliphatic carbocycles. The van der Waals surface area contributed by atoms with Gasteiger partial charge >= 0.3 is 0 Å². The summed E-state index contributed by atoms with van der Waals surface area (Å²) in [5, 5.41) is 21.8. The predicted molar refractivity (Wildman–Crippen MR) is 137 cm³/mol. The van der Waals surface area contributed by atoms with E-state index >= 15 is 0 Å². The number of hydrogen-bond donors (Lipinski definition) is 4. The normalized spacial score (nSPS) is 12.1. The Balaban J connectivity index is 0.000000161. The van der Waals surface area contributed by atoms with E-state index in [2.05, 4.69) is 24.6 Å². The van der Waals surface area contributed by atoms with Crippen molar-refractivity contribution >= 4 is 11.8 Å². The molecule has 0 fully saturated rings. The van der Waals surface area contributed by atoms with Gasteiger partial charge < -0.3 is 20.4 Å². The van der Waals surface area contributed by atoms with E-state index in [1.54, 1.807) is 24.3 Å². The average Bonchev–Trinajstić information content (AvgIpc) is 2.86. The van der Waals surface area contributed by atoms with Gasteiger partial charge in [0, 0.05) is 16.7 Å². The first-order valence-corrected chi connectivity index (χ1v) is 11.1. The van der Waals surface area contributed by atoms with Gasteiger partial charge in [0.25, 0.3) is 0 Å². The van der Waals surface area contributed by atoms with Crippen LogP contribution in [0, 0.1) is 0 Å². The average molecular weight is 453 g/mol. The summed E-state index contributed by atoms with van der Waals surface area (Å²) in [6, 6.07) is 32.3. The van der Waals surface area contributed by atoms with Crippen molar-refractivity contribution < 1.29 is 15.1 Å². The molecule has 0 spiro atoms. The number of phenolic OH excluding ortho intramolecular Hbond substituents is 2. The van der Waals surface area contributed by atoms with Crippen LogP contribution in [0.15, 0.2) is 109 Å². The zero-order chi connectivity index (χ0) is 24.0. The highest BCUT2D eigenvalue weighted by molar-refractivity contribution is 5.64. The molecule has 1 aliphatic rings. The second kappa shape index (κ2) is 10.0. The Morgan fingerprint density at radius 3 is 1.79 bits per heavy atom. The van der Waals surface area contributed by atoms with Gasteiger partial charge in [-0.15, -0.1) is 0 Å². The quantitative estimate of drug-likeness (QED) is 0.288. The second-order valence-corrected chi connectivity index (χ2v) is 8.51. The van der Waals surface area contributed by atoms with Crippen molar-refractivity contribution in [3.05, 3.63) is 126 Å². The van der Waals surface area contributed by atoms with E-state index in [4.69, 9.17) is 4.84 Å². The van der Waals surface area contributed by atoms with Crippen molar-refractivity contribution in [2.45, 2.75) is 19.3 Å². The van der Waals surface area contributed by atoms with Crippen LogP contribution < -0.4 is 15.6 Å². The summed E-state index contributed by atoms with van der Waals surface area (Å²) in [6.07, 6.45) is 2.02. The second-order valence-electron chi connectivity index (χ2n) is 8.51. The SMILES string of the molecule is C1=C(Nc2ccccc2)NOc2ccccc21.CC(C)(c1ccc(O)cc1)c1ccc(O)cc1. The fraction of sp³-hybridized carbons (Fsp3) is 0.103. The molecule has 0 bridgehead atoms. The largest absolute Gasteiger partial charge is 0.508 e. The summed E-state index contributed by atoms with van der Waals surface area (Å²) < 4.78 is 0. The number of rotatable bonds is 4. The van der Waals surface area contributed by atoms with Gasteiger partial charge in [-0.1, -0.05) is 74.5 Å². The Kier molecular flexibility index (Phi) is 6.74. The number of hydroxylamine groups is 1. The number of phenols is 2. The number of fused-ring (bicyclic) bond motifs is 1. The molecule has 5 nitrogen and oxygen atoms in total. The highest BCUT2D eigenvalue weighted by Crippen LogP contribution is 2.33. The summed E-state index contributed by atoms with van der Waals surface area (Å²) in [5.74, 6) is 2.21. The van der Waals surface area contributed by atoms with Crippen molar-refractivity contribution in [3.8, 4) is 17.2 Å².